The predicted molar refractivity (Wildman–Crippen MR) is 82.7 cm³/mol. The molecule has 22 heavy (non-hydrogen) atoms. The summed E-state index contributed by atoms with van der Waals surface area (Å²) in [5, 5.41) is 0. The molecule has 3 rings (SSSR count). The summed E-state index contributed by atoms with van der Waals surface area (Å²) < 4.78 is 33.1. The van der Waals surface area contributed by atoms with Gasteiger partial charge in [0.05, 0.1) is 18.8 Å². The minimum Gasteiger partial charge on any atom is -0.375 e. The van der Waals surface area contributed by atoms with Gasteiger partial charge in [0.1, 0.15) is 4.90 Å². The van der Waals surface area contributed by atoms with E-state index in [1.807, 2.05) is 37.3 Å². The largest absolute Gasteiger partial charge is 0.375 e. The van der Waals surface area contributed by atoms with Gasteiger partial charge >= 0.3 is 0 Å². The standard InChI is InChI=1S/C16H18N2O3S/c1-13-11-18(22(19,20)15-8-5-9-17-10-15)16(12-21-13)14-6-3-2-4-7-14/h2-10,13,16H,11-12H2,1H3/t13-,16-/m1/s1. The number of nitrogens with zero attached hydrogens (tertiary/aromatic N) is 2. The van der Waals surface area contributed by atoms with Crippen LogP contribution in [0.25, 0.3) is 0 Å². The van der Waals surface area contributed by atoms with Gasteiger partial charge in [0.25, 0.3) is 0 Å². The van der Waals surface area contributed by atoms with Crippen LogP contribution in [0, 0.1) is 0 Å². The van der Waals surface area contributed by atoms with E-state index in [0.717, 1.165) is 5.56 Å². The highest BCUT2D eigenvalue weighted by Crippen LogP contribution is 2.31. The third-order valence-corrected chi connectivity index (χ3v) is 5.61. The second-order valence-corrected chi connectivity index (χ2v) is 7.22. The van der Waals surface area contributed by atoms with Crippen molar-refractivity contribution in [3.8, 4) is 0 Å². The molecule has 5 nitrogen and oxygen atoms in total. The molecule has 1 aromatic carbocycles. The third-order valence-electron chi connectivity index (χ3n) is 3.75. The van der Waals surface area contributed by atoms with E-state index in [4.69, 9.17) is 4.74 Å². The fourth-order valence-electron chi connectivity index (χ4n) is 2.61. The molecule has 0 radical (unpaired) electrons. The van der Waals surface area contributed by atoms with Crippen LogP contribution < -0.4 is 0 Å². The Labute approximate surface area is 130 Å². The van der Waals surface area contributed by atoms with Crippen molar-refractivity contribution in [2.75, 3.05) is 13.2 Å². The lowest BCUT2D eigenvalue weighted by Crippen LogP contribution is -2.46. The maximum Gasteiger partial charge on any atom is 0.245 e. The molecule has 116 valence electrons. The molecular weight excluding hydrogens is 300 g/mol. The molecule has 2 aromatic rings. The first-order valence-corrected chi connectivity index (χ1v) is 8.61. The van der Waals surface area contributed by atoms with Crippen LogP contribution in [-0.2, 0) is 14.8 Å². The minimum absolute atomic E-state index is 0.133. The Balaban J connectivity index is 2.01. The van der Waals surface area contributed by atoms with Crippen molar-refractivity contribution in [2.45, 2.75) is 24.0 Å². The van der Waals surface area contributed by atoms with Crippen LogP contribution in [0.4, 0.5) is 0 Å². The number of ether oxygens (including phenoxy) is 1. The molecule has 6 heteroatoms. The Morgan fingerprint density at radius 2 is 1.95 bits per heavy atom. The molecule has 0 spiro atoms. The quantitative estimate of drug-likeness (QED) is 0.871. The van der Waals surface area contributed by atoms with Crippen LogP contribution in [0.5, 0.6) is 0 Å². The average molecular weight is 318 g/mol. The van der Waals surface area contributed by atoms with E-state index in [-0.39, 0.29) is 17.0 Å². The highest BCUT2D eigenvalue weighted by molar-refractivity contribution is 7.89. The molecule has 2 heterocycles. The zero-order valence-corrected chi connectivity index (χ0v) is 13.1. The van der Waals surface area contributed by atoms with Gasteiger partial charge in [-0.15, -0.1) is 0 Å². The Morgan fingerprint density at radius 3 is 2.64 bits per heavy atom. The smallest absolute Gasteiger partial charge is 0.245 e. The lowest BCUT2D eigenvalue weighted by molar-refractivity contribution is -0.0231. The molecule has 0 amide bonds. The van der Waals surface area contributed by atoms with Crippen molar-refractivity contribution < 1.29 is 13.2 Å². The molecule has 0 saturated carbocycles. The maximum absolute atomic E-state index is 12.9. The second kappa shape index (κ2) is 6.16. The Kier molecular flexibility index (Phi) is 4.24. The van der Waals surface area contributed by atoms with Gasteiger partial charge in [-0.3, -0.25) is 4.98 Å². The van der Waals surface area contributed by atoms with E-state index in [0.29, 0.717) is 13.2 Å². The van der Waals surface area contributed by atoms with Crippen LogP contribution in [0.1, 0.15) is 18.5 Å². The first-order valence-electron chi connectivity index (χ1n) is 7.17. The lowest BCUT2D eigenvalue weighted by atomic mass is 10.1. The zero-order chi connectivity index (χ0) is 15.6. The van der Waals surface area contributed by atoms with Crippen LogP contribution in [0.2, 0.25) is 0 Å². The zero-order valence-electron chi connectivity index (χ0n) is 12.3. The molecule has 0 aliphatic carbocycles. The van der Waals surface area contributed by atoms with Gasteiger partial charge in [-0.25, -0.2) is 8.42 Å². The van der Waals surface area contributed by atoms with E-state index < -0.39 is 10.0 Å². The molecular formula is C16H18N2O3S. The number of aromatic nitrogens is 1. The van der Waals surface area contributed by atoms with E-state index in [1.165, 1.54) is 10.5 Å². The summed E-state index contributed by atoms with van der Waals surface area (Å²) in [4.78, 5) is 4.14. The number of benzene rings is 1. The van der Waals surface area contributed by atoms with Gasteiger partial charge < -0.3 is 4.74 Å². The highest BCUT2D eigenvalue weighted by atomic mass is 32.2. The molecule has 1 fully saturated rings. The Bertz CT molecular complexity index is 720. The van der Waals surface area contributed by atoms with E-state index in [2.05, 4.69) is 4.98 Å². The van der Waals surface area contributed by atoms with Crippen LogP contribution >= 0.6 is 0 Å². The van der Waals surface area contributed by atoms with Gasteiger partial charge in [-0.1, -0.05) is 30.3 Å². The van der Waals surface area contributed by atoms with Crippen molar-refractivity contribution >= 4 is 10.0 Å². The summed E-state index contributed by atoms with van der Waals surface area (Å²) in [6, 6.07) is 12.5. The van der Waals surface area contributed by atoms with Gasteiger partial charge in [-0.05, 0) is 24.6 Å². The maximum atomic E-state index is 12.9. The van der Waals surface area contributed by atoms with Crippen LogP contribution in [-0.4, -0.2) is 37.0 Å². The first-order chi connectivity index (χ1) is 10.6. The van der Waals surface area contributed by atoms with Crippen molar-refractivity contribution in [1.82, 2.24) is 9.29 Å². The Morgan fingerprint density at radius 1 is 1.18 bits per heavy atom. The average Bonchev–Trinajstić information content (AvgIpc) is 2.56. The third kappa shape index (κ3) is 2.90. The SMILES string of the molecule is C[C@@H]1CN(S(=O)(=O)c2cccnc2)[C@@H](c2ccccc2)CO1. The van der Waals surface area contributed by atoms with Crippen molar-refractivity contribution in [2.24, 2.45) is 0 Å². The number of morpholine rings is 1. The fourth-order valence-corrected chi connectivity index (χ4v) is 4.25. The van der Waals surface area contributed by atoms with Gasteiger partial charge in [0.15, 0.2) is 0 Å². The number of hydrogen-bond donors (Lipinski definition) is 0. The summed E-state index contributed by atoms with van der Waals surface area (Å²) in [5.41, 5.74) is 0.932. The molecule has 2 atom stereocenters. The van der Waals surface area contributed by atoms with Gasteiger partial charge in [0.2, 0.25) is 10.0 Å². The van der Waals surface area contributed by atoms with E-state index >= 15 is 0 Å². The summed E-state index contributed by atoms with van der Waals surface area (Å²) >= 11 is 0. The molecule has 1 aromatic heterocycles. The van der Waals surface area contributed by atoms with Crippen molar-refractivity contribution in [1.29, 1.82) is 0 Å². The highest BCUT2D eigenvalue weighted by Gasteiger charge is 2.37. The molecule has 0 N–H and O–H groups in total. The molecule has 1 aliphatic heterocycles. The Hall–Kier alpha value is -1.76. The van der Waals surface area contributed by atoms with Crippen molar-refractivity contribution in [3.63, 3.8) is 0 Å². The minimum atomic E-state index is -3.60. The van der Waals surface area contributed by atoms with E-state index in [1.54, 1.807) is 18.3 Å². The number of pyridine rings is 1. The molecule has 1 saturated heterocycles. The van der Waals surface area contributed by atoms with E-state index in [9.17, 15) is 8.42 Å². The summed E-state index contributed by atoms with van der Waals surface area (Å²) in [5.74, 6) is 0. The topological polar surface area (TPSA) is 59.5 Å². The van der Waals surface area contributed by atoms with Crippen LogP contribution in [0.15, 0.2) is 59.8 Å². The monoisotopic (exact) mass is 318 g/mol. The molecule has 1 aliphatic rings. The summed E-state index contributed by atoms with van der Waals surface area (Å²) in [7, 11) is -3.60. The van der Waals surface area contributed by atoms with Gasteiger partial charge in [0, 0.05) is 18.9 Å². The van der Waals surface area contributed by atoms with Crippen LogP contribution in [0.3, 0.4) is 0 Å². The fraction of sp³-hybridized carbons (Fsp3) is 0.312. The normalized spacial score (nSPS) is 23.3. The first kappa shape index (κ1) is 15.1. The molecule has 0 unspecified atom stereocenters. The number of sulfonamides is 1. The molecule has 0 bridgehead atoms. The lowest BCUT2D eigenvalue weighted by Gasteiger charge is -2.37. The summed E-state index contributed by atoms with van der Waals surface area (Å²) in [6.07, 6.45) is 2.82. The predicted octanol–water partition coefficient (Wildman–Crippen LogP) is 2.23. The number of hydrogen-bond acceptors (Lipinski definition) is 4. The van der Waals surface area contributed by atoms with Crippen molar-refractivity contribution in [3.05, 3.63) is 60.4 Å². The number of rotatable bonds is 3. The van der Waals surface area contributed by atoms with Gasteiger partial charge in [-0.2, -0.15) is 4.31 Å². The second-order valence-electron chi connectivity index (χ2n) is 5.33. The summed E-state index contributed by atoms with van der Waals surface area (Å²) in [6.45, 7) is 2.56.